The number of rotatable bonds is 7. The summed E-state index contributed by atoms with van der Waals surface area (Å²) in [6.07, 6.45) is 0. The van der Waals surface area contributed by atoms with E-state index in [0.29, 0.717) is 36.2 Å². The molecule has 0 aromatic heterocycles. The molecule has 1 aliphatic rings. The normalized spacial score (nSPS) is 14.0. The van der Waals surface area contributed by atoms with Gasteiger partial charge in [-0.15, -0.1) is 0 Å². The maximum absolute atomic E-state index is 11.8. The van der Waals surface area contributed by atoms with E-state index in [-0.39, 0.29) is 18.7 Å². The third-order valence-corrected chi connectivity index (χ3v) is 3.38. The summed E-state index contributed by atoms with van der Waals surface area (Å²) in [4.78, 5) is 11.8. The molecule has 1 aliphatic heterocycles. The van der Waals surface area contributed by atoms with Gasteiger partial charge in [0.1, 0.15) is 0 Å². The van der Waals surface area contributed by atoms with Crippen molar-refractivity contribution in [1.29, 1.82) is 0 Å². The summed E-state index contributed by atoms with van der Waals surface area (Å²) < 4.78 is 15.4. The number of fused-ring (bicyclic) bond motifs is 1. The molecule has 0 aliphatic carbocycles. The summed E-state index contributed by atoms with van der Waals surface area (Å²) in [5.41, 5.74) is 0.931. The molecular formula is C14H19ClN2O4. The van der Waals surface area contributed by atoms with Crippen molar-refractivity contribution in [3.05, 3.63) is 22.7 Å². The second-order valence-corrected chi connectivity index (χ2v) is 5.11. The van der Waals surface area contributed by atoms with E-state index in [1.54, 1.807) is 20.1 Å². The summed E-state index contributed by atoms with van der Waals surface area (Å²) in [5, 5.41) is 6.42. The molecule has 0 fully saturated rings. The Morgan fingerprint density at radius 1 is 1.48 bits per heavy atom. The summed E-state index contributed by atoms with van der Waals surface area (Å²) in [7, 11) is 1.59. The van der Waals surface area contributed by atoms with Crippen LogP contribution in [-0.4, -0.2) is 39.0 Å². The fraction of sp³-hybridized carbons (Fsp3) is 0.500. The minimum atomic E-state index is -0.314. The van der Waals surface area contributed by atoms with E-state index >= 15 is 0 Å². The number of hydrogen-bond acceptors (Lipinski definition) is 5. The Bertz CT molecular complexity index is 510. The molecule has 6 nitrogen and oxygen atoms in total. The van der Waals surface area contributed by atoms with Crippen LogP contribution in [0.15, 0.2) is 12.1 Å². The Labute approximate surface area is 128 Å². The van der Waals surface area contributed by atoms with Gasteiger partial charge in [0.05, 0.1) is 17.7 Å². The van der Waals surface area contributed by atoms with Gasteiger partial charge in [-0.25, -0.2) is 0 Å². The molecule has 21 heavy (non-hydrogen) atoms. The molecule has 1 atom stereocenters. The lowest BCUT2D eigenvalue weighted by atomic mass is 10.2. The van der Waals surface area contributed by atoms with Crippen molar-refractivity contribution < 1.29 is 19.0 Å². The average molecular weight is 315 g/mol. The molecule has 0 spiro atoms. The number of halogens is 1. The Morgan fingerprint density at radius 3 is 3.05 bits per heavy atom. The highest BCUT2D eigenvalue weighted by Gasteiger charge is 2.19. The highest BCUT2D eigenvalue weighted by molar-refractivity contribution is 6.32. The summed E-state index contributed by atoms with van der Waals surface area (Å²) in [6, 6.07) is 3.35. The second kappa shape index (κ2) is 7.49. The molecule has 1 amide bonds. The zero-order valence-corrected chi connectivity index (χ0v) is 12.8. The molecule has 1 aromatic rings. The van der Waals surface area contributed by atoms with Gasteiger partial charge in [-0.05, 0) is 24.6 Å². The van der Waals surface area contributed by atoms with Crippen LogP contribution in [0.4, 0.5) is 0 Å². The van der Waals surface area contributed by atoms with Crippen LogP contribution in [0.25, 0.3) is 0 Å². The fourth-order valence-electron chi connectivity index (χ4n) is 1.92. The largest absolute Gasteiger partial charge is 0.454 e. The monoisotopic (exact) mass is 314 g/mol. The van der Waals surface area contributed by atoms with Crippen LogP contribution in [0.3, 0.4) is 0 Å². The quantitative estimate of drug-likeness (QED) is 0.743. The van der Waals surface area contributed by atoms with Crippen LogP contribution < -0.4 is 20.1 Å². The zero-order valence-electron chi connectivity index (χ0n) is 12.1. The van der Waals surface area contributed by atoms with Gasteiger partial charge in [0.2, 0.25) is 12.7 Å². The number of methoxy groups -OCH3 is 1. The van der Waals surface area contributed by atoms with E-state index in [9.17, 15) is 4.79 Å². The van der Waals surface area contributed by atoms with E-state index in [4.69, 9.17) is 25.8 Å². The van der Waals surface area contributed by atoms with Crippen LogP contribution in [0.5, 0.6) is 11.5 Å². The molecule has 0 saturated heterocycles. The highest BCUT2D eigenvalue weighted by atomic mass is 35.5. The van der Waals surface area contributed by atoms with Crippen LogP contribution in [0.2, 0.25) is 5.02 Å². The number of benzene rings is 1. The van der Waals surface area contributed by atoms with Gasteiger partial charge in [-0.3, -0.25) is 4.79 Å². The van der Waals surface area contributed by atoms with Gasteiger partial charge >= 0.3 is 0 Å². The van der Waals surface area contributed by atoms with E-state index in [2.05, 4.69) is 10.6 Å². The van der Waals surface area contributed by atoms with Crippen molar-refractivity contribution in [2.45, 2.75) is 19.5 Å². The zero-order chi connectivity index (χ0) is 15.2. The van der Waals surface area contributed by atoms with E-state index in [1.807, 2.05) is 6.07 Å². The van der Waals surface area contributed by atoms with Gasteiger partial charge in [0.15, 0.2) is 11.5 Å². The van der Waals surface area contributed by atoms with Crippen molar-refractivity contribution in [3.63, 3.8) is 0 Å². The molecule has 0 radical (unpaired) electrons. The maximum atomic E-state index is 11.8. The van der Waals surface area contributed by atoms with Crippen molar-refractivity contribution in [3.8, 4) is 11.5 Å². The Morgan fingerprint density at radius 2 is 2.29 bits per heavy atom. The lowest BCUT2D eigenvalue weighted by Gasteiger charge is -2.14. The summed E-state index contributed by atoms with van der Waals surface area (Å²) >= 11 is 6.11. The predicted molar refractivity (Wildman–Crippen MR) is 78.8 cm³/mol. The molecule has 7 heteroatoms. The molecule has 1 unspecified atom stereocenters. The van der Waals surface area contributed by atoms with Crippen LogP contribution in [0, 0.1) is 0 Å². The van der Waals surface area contributed by atoms with Crippen molar-refractivity contribution >= 4 is 17.5 Å². The molecule has 0 saturated carbocycles. The molecule has 116 valence electrons. The Kier molecular flexibility index (Phi) is 5.67. The van der Waals surface area contributed by atoms with E-state index in [1.165, 1.54) is 0 Å². The Balaban J connectivity index is 1.85. The van der Waals surface area contributed by atoms with E-state index in [0.717, 1.165) is 5.56 Å². The molecule has 1 aromatic carbocycles. The minimum absolute atomic E-state index is 0.0705. The van der Waals surface area contributed by atoms with Crippen molar-refractivity contribution in [2.75, 3.05) is 27.1 Å². The lowest BCUT2D eigenvalue weighted by Crippen LogP contribution is -2.42. The van der Waals surface area contributed by atoms with Gasteiger partial charge < -0.3 is 24.8 Å². The second-order valence-electron chi connectivity index (χ2n) is 4.70. The number of nitrogens with one attached hydrogen (secondary N) is 2. The number of amides is 1. The molecule has 2 rings (SSSR count). The van der Waals surface area contributed by atoms with Gasteiger partial charge in [0.25, 0.3) is 0 Å². The first-order chi connectivity index (χ1) is 10.1. The van der Waals surface area contributed by atoms with Crippen molar-refractivity contribution in [2.24, 2.45) is 0 Å². The lowest BCUT2D eigenvalue weighted by molar-refractivity contribution is -0.122. The fourth-order valence-corrected chi connectivity index (χ4v) is 2.20. The molecule has 2 N–H and O–H groups in total. The molecule has 0 bridgehead atoms. The first-order valence-electron chi connectivity index (χ1n) is 6.70. The van der Waals surface area contributed by atoms with Crippen LogP contribution in [-0.2, 0) is 16.1 Å². The van der Waals surface area contributed by atoms with E-state index < -0.39 is 0 Å². The SMILES string of the molecule is COCCNC(=O)C(C)NCc1cc(Cl)c2c(c1)OCO2. The average Bonchev–Trinajstić information content (AvgIpc) is 2.93. The first kappa shape index (κ1) is 15.9. The molecular weight excluding hydrogens is 296 g/mol. The number of hydrogen-bond donors (Lipinski definition) is 2. The standard InChI is InChI=1S/C14H19ClN2O4/c1-9(14(18)16-3-4-19-2)17-7-10-5-11(15)13-12(6-10)20-8-21-13/h5-6,9,17H,3-4,7-8H2,1-2H3,(H,16,18). The Hall–Kier alpha value is -1.50. The van der Waals surface area contributed by atoms with Gasteiger partial charge in [-0.1, -0.05) is 11.6 Å². The number of ether oxygens (including phenoxy) is 3. The third kappa shape index (κ3) is 4.23. The first-order valence-corrected chi connectivity index (χ1v) is 7.07. The van der Waals surface area contributed by atoms with Crippen molar-refractivity contribution in [1.82, 2.24) is 10.6 Å². The van der Waals surface area contributed by atoms with Crippen LogP contribution in [0.1, 0.15) is 12.5 Å². The van der Waals surface area contributed by atoms with Gasteiger partial charge in [-0.2, -0.15) is 0 Å². The third-order valence-electron chi connectivity index (χ3n) is 3.10. The predicted octanol–water partition coefficient (Wildman–Crippen LogP) is 1.31. The molecule has 1 heterocycles. The van der Waals surface area contributed by atoms with Crippen LogP contribution >= 0.6 is 11.6 Å². The smallest absolute Gasteiger partial charge is 0.236 e. The highest BCUT2D eigenvalue weighted by Crippen LogP contribution is 2.39. The number of carbonyl (C=O) groups excluding carboxylic acids is 1. The summed E-state index contributed by atoms with van der Waals surface area (Å²) in [6.45, 7) is 3.49. The topological polar surface area (TPSA) is 68.8 Å². The minimum Gasteiger partial charge on any atom is -0.454 e. The maximum Gasteiger partial charge on any atom is 0.236 e. The van der Waals surface area contributed by atoms with Gasteiger partial charge in [0, 0.05) is 20.2 Å². The number of carbonyl (C=O) groups is 1. The summed E-state index contributed by atoms with van der Waals surface area (Å²) in [5.74, 6) is 1.14.